The van der Waals surface area contributed by atoms with E-state index in [1.165, 1.54) is 0 Å². The Morgan fingerprint density at radius 1 is 1.47 bits per heavy atom. The topological polar surface area (TPSA) is 68.0 Å². The zero-order valence-corrected chi connectivity index (χ0v) is 11.6. The van der Waals surface area contributed by atoms with Gasteiger partial charge in [-0.3, -0.25) is 4.90 Å². The predicted octanol–water partition coefficient (Wildman–Crippen LogP) is 0.794. The molecular formula is C13H22N2O4. The van der Waals surface area contributed by atoms with Crippen molar-refractivity contribution < 1.29 is 19.1 Å². The number of aliphatic hydroxyl groups is 1. The molecule has 2 rings (SSSR count). The molecule has 1 aromatic rings. The fraction of sp³-hybridized carbons (Fsp3) is 0.769. The summed E-state index contributed by atoms with van der Waals surface area (Å²) < 4.78 is 15.4. The van der Waals surface area contributed by atoms with E-state index in [9.17, 15) is 5.11 Å². The molecule has 0 amide bonds. The minimum atomic E-state index is -0.647. The summed E-state index contributed by atoms with van der Waals surface area (Å²) >= 11 is 0. The average molecular weight is 270 g/mol. The molecule has 0 bridgehead atoms. The Balaban J connectivity index is 1.84. The lowest BCUT2D eigenvalue weighted by molar-refractivity contribution is -0.0778. The highest BCUT2D eigenvalue weighted by molar-refractivity contribution is 5.04. The van der Waals surface area contributed by atoms with Gasteiger partial charge in [-0.25, -0.2) is 0 Å². The molecule has 6 nitrogen and oxygen atoms in total. The molecule has 0 aromatic carbocycles. The lowest BCUT2D eigenvalue weighted by atomic mass is 9.94. The maximum Gasteiger partial charge on any atom is 0.162 e. The first-order valence-corrected chi connectivity index (χ1v) is 6.53. The highest BCUT2D eigenvalue weighted by atomic mass is 16.5. The molecule has 1 aliphatic rings. The largest absolute Gasteiger partial charge is 0.388 e. The minimum absolute atomic E-state index is 0.429. The van der Waals surface area contributed by atoms with Gasteiger partial charge in [0, 0.05) is 52.3 Å². The van der Waals surface area contributed by atoms with Gasteiger partial charge in [0.05, 0.1) is 11.3 Å². The molecule has 0 radical (unpaired) electrons. The van der Waals surface area contributed by atoms with Crippen LogP contribution in [0.3, 0.4) is 0 Å². The molecule has 108 valence electrons. The maximum atomic E-state index is 10.4. The van der Waals surface area contributed by atoms with Crippen LogP contribution in [-0.4, -0.2) is 54.7 Å². The van der Waals surface area contributed by atoms with Gasteiger partial charge in [0.1, 0.15) is 6.61 Å². The maximum absolute atomic E-state index is 10.4. The van der Waals surface area contributed by atoms with Crippen molar-refractivity contribution in [1.29, 1.82) is 0 Å². The second-order valence-corrected chi connectivity index (χ2v) is 5.23. The van der Waals surface area contributed by atoms with Gasteiger partial charge >= 0.3 is 0 Å². The number of likely N-dealkylation sites (N-methyl/N-ethyl adjacent to an activating group) is 1. The molecule has 1 aliphatic heterocycles. The summed E-state index contributed by atoms with van der Waals surface area (Å²) in [5, 5.41) is 14.4. The second-order valence-electron chi connectivity index (χ2n) is 5.23. The van der Waals surface area contributed by atoms with E-state index in [0.29, 0.717) is 45.8 Å². The Labute approximate surface area is 113 Å². The second kappa shape index (κ2) is 6.47. The van der Waals surface area contributed by atoms with Crippen molar-refractivity contribution in [2.45, 2.75) is 31.6 Å². The molecule has 2 heterocycles. The lowest BCUT2D eigenvalue weighted by Gasteiger charge is -2.35. The zero-order chi connectivity index (χ0) is 13.7. The first-order chi connectivity index (χ1) is 9.11. The molecule has 1 fully saturated rings. The summed E-state index contributed by atoms with van der Waals surface area (Å²) in [5.74, 6) is 0.718. The van der Waals surface area contributed by atoms with E-state index in [4.69, 9.17) is 14.0 Å². The molecule has 0 saturated carbocycles. The fourth-order valence-corrected chi connectivity index (χ4v) is 2.38. The van der Waals surface area contributed by atoms with Crippen LogP contribution in [0.5, 0.6) is 0 Å². The van der Waals surface area contributed by atoms with Crippen molar-refractivity contribution in [2.24, 2.45) is 0 Å². The Hall–Kier alpha value is -0.950. The third kappa shape index (κ3) is 4.28. The fourth-order valence-electron chi connectivity index (χ4n) is 2.38. The number of nitrogens with zero attached hydrogens (tertiary/aromatic N) is 2. The van der Waals surface area contributed by atoms with Gasteiger partial charge in [0.2, 0.25) is 0 Å². The van der Waals surface area contributed by atoms with E-state index in [2.05, 4.69) is 10.1 Å². The number of aromatic nitrogens is 1. The standard InChI is InChI=1S/C13H22N2O4/c1-15(10-13(16)3-5-18-6-4-13)8-11-7-12(9-17-2)19-14-11/h7,16H,3-6,8-10H2,1-2H3. The van der Waals surface area contributed by atoms with Gasteiger partial charge in [0.25, 0.3) is 0 Å². The molecule has 6 heteroatoms. The van der Waals surface area contributed by atoms with E-state index < -0.39 is 5.60 Å². The third-order valence-corrected chi connectivity index (χ3v) is 3.31. The molecule has 1 aromatic heterocycles. The number of hydrogen-bond donors (Lipinski definition) is 1. The Morgan fingerprint density at radius 2 is 2.21 bits per heavy atom. The van der Waals surface area contributed by atoms with Gasteiger partial charge in [0.15, 0.2) is 5.76 Å². The smallest absolute Gasteiger partial charge is 0.162 e. The van der Waals surface area contributed by atoms with Crippen molar-refractivity contribution in [3.8, 4) is 0 Å². The Bertz CT molecular complexity index is 388. The highest BCUT2D eigenvalue weighted by Crippen LogP contribution is 2.21. The summed E-state index contributed by atoms with van der Waals surface area (Å²) in [6.07, 6.45) is 1.37. The molecule has 0 unspecified atom stereocenters. The highest BCUT2D eigenvalue weighted by Gasteiger charge is 2.31. The quantitative estimate of drug-likeness (QED) is 0.824. The first-order valence-electron chi connectivity index (χ1n) is 6.53. The van der Waals surface area contributed by atoms with Crippen LogP contribution < -0.4 is 0 Å². The SMILES string of the molecule is COCc1cc(CN(C)CC2(O)CCOCC2)no1. The van der Waals surface area contributed by atoms with E-state index in [0.717, 1.165) is 11.5 Å². The van der Waals surface area contributed by atoms with Gasteiger partial charge in [-0.05, 0) is 7.05 Å². The van der Waals surface area contributed by atoms with Gasteiger partial charge in [-0.15, -0.1) is 0 Å². The number of hydrogen-bond acceptors (Lipinski definition) is 6. The van der Waals surface area contributed by atoms with Crippen molar-refractivity contribution in [3.05, 3.63) is 17.5 Å². The normalized spacial score (nSPS) is 18.9. The van der Waals surface area contributed by atoms with E-state index in [1.54, 1.807) is 7.11 Å². The van der Waals surface area contributed by atoms with Gasteiger partial charge in [-0.1, -0.05) is 5.16 Å². The molecule has 0 aliphatic carbocycles. The van der Waals surface area contributed by atoms with Crippen molar-refractivity contribution >= 4 is 0 Å². The average Bonchev–Trinajstić information content (AvgIpc) is 2.77. The summed E-state index contributed by atoms with van der Waals surface area (Å²) in [5.41, 5.74) is 0.205. The third-order valence-electron chi connectivity index (χ3n) is 3.31. The summed E-state index contributed by atoms with van der Waals surface area (Å²) in [4.78, 5) is 2.06. The summed E-state index contributed by atoms with van der Waals surface area (Å²) in [6.45, 7) is 2.95. The van der Waals surface area contributed by atoms with Crippen molar-refractivity contribution in [2.75, 3.05) is 33.9 Å². The van der Waals surface area contributed by atoms with Crippen LogP contribution in [0.15, 0.2) is 10.6 Å². The van der Waals surface area contributed by atoms with E-state index in [-0.39, 0.29) is 0 Å². The number of methoxy groups -OCH3 is 1. The molecule has 0 spiro atoms. The van der Waals surface area contributed by atoms with E-state index in [1.807, 2.05) is 13.1 Å². The van der Waals surface area contributed by atoms with Crippen LogP contribution in [0.25, 0.3) is 0 Å². The Morgan fingerprint density at radius 3 is 2.89 bits per heavy atom. The van der Waals surface area contributed by atoms with Crippen LogP contribution in [0.4, 0.5) is 0 Å². The van der Waals surface area contributed by atoms with Crippen molar-refractivity contribution in [1.82, 2.24) is 10.1 Å². The first kappa shape index (κ1) is 14.5. The summed E-state index contributed by atoms with van der Waals surface area (Å²) in [7, 11) is 3.59. The predicted molar refractivity (Wildman–Crippen MR) is 68.6 cm³/mol. The Kier molecular flexibility index (Phi) is 4.93. The van der Waals surface area contributed by atoms with Crippen LogP contribution in [0.2, 0.25) is 0 Å². The van der Waals surface area contributed by atoms with Crippen LogP contribution in [0, 0.1) is 0 Å². The summed E-state index contributed by atoms with van der Waals surface area (Å²) in [6, 6.07) is 1.88. The minimum Gasteiger partial charge on any atom is -0.388 e. The zero-order valence-electron chi connectivity index (χ0n) is 11.6. The van der Waals surface area contributed by atoms with Crippen LogP contribution in [0.1, 0.15) is 24.3 Å². The van der Waals surface area contributed by atoms with Gasteiger partial charge in [-0.2, -0.15) is 0 Å². The molecule has 1 N–H and O–H groups in total. The van der Waals surface area contributed by atoms with Crippen molar-refractivity contribution in [3.63, 3.8) is 0 Å². The molecule has 19 heavy (non-hydrogen) atoms. The van der Waals surface area contributed by atoms with Gasteiger partial charge < -0.3 is 19.1 Å². The van der Waals surface area contributed by atoms with Crippen LogP contribution >= 0.6 is 0 Å². The number of rotatable bonds is 6. The molecule has 1 saturated heterocycles. The van der Waals surface area contributed by atoms with Crippen LogP contribution in [-0.2, 0) is 22.6 Å². The number of ether oxygens (including phenoxy) is 2. The molecular weight excluding hydrogens is 248 g/mol. The van der Waals surface area contributed by atoms with E-state index >= 15 is 0 Å². The molecule has 0 atom stereocenters. The monoisotopic (exact) mass is 270 g/mol. The lowest BCUT2D eigenvalue weighted by Crippen LogP contribution is -2.45.